The minimum Gasteiger partial charge on any atom is -0.492 e. The van der Waals surface area contributed by atoms with Gasteiger partial charge in [0.25, 0.3) is 15.9 Å². The van der Waals surface area contributed by atoms with Gasteiger partial charge in [-0.15, -0.1) is 0 Å². The predicted octanol–water partition coefficient (Wildman–Crippen LogP) is 5.76. The summed E-state index contributed by atoms with van der Waals surface area (Å²) >= 11 is 0. The topological polar surface area (TPSA) is 75.7 Å². The Kier molecular flexibility index (Phi) is 8.81. The number of anilines is 1. The molecule has 7 heteroatoms. The van der Waals surface area contributed by atoms with E-state index in [0.717, 1.165) is 23.3 Å². The van der Waals surface area contributed by atoms with Crippen LogP contribution in [0.15, 0.2) is 108 Å². The largest absolute Gasteiger partial charge is 0.492 e. The maximum absolute atomic E-state index is 13.9. The van der Waals surface area contributed by atoms with Crippen LogP contribution in [0.25, 0.3) is 0 Å². The number of rotatable bonds is 11. The number of hydrogen-bond acceptors (Lipinski definition) is 4. The molecular formula is C31H32N2O4S. The van der Waals surface area contributed by atoms with Crippen LogP contribution in [0.1, 0.15) is 34.0 Å². The molecular weight excluding hydrogens is 496 g/mol. The Morgan fingerprint density at radius 3 is 2.16 bits per heavy atom. The number of ether oxygens (including phenoxy) is 1. The summed E-state index contributed by atoms with van der Waals surface area (Å²) in [5, 5.41) is 2.86. The van der Waals surface area contributed by atoms with Gasteiger partial charge in [0.1, 0.15) is 12.4 Å². The van der Waals surface area contributed by atoms with Gasteiger partial charge in [-0.2, -0.15) is 0 Å². The zero-order chi connectivity index (χ0) is 27.0. The minimum absolute atomic E-state index is 0.0816. The molecule has 1 N–H and O–H groups in total. The molecule has 6 nitrogen and oxygen atoms in total. The lowest BCUT2D eigenvalue weighted by Crippen LogP contribution is -2.34. The van der Waals surface area contributed by atoms with Crippen molar-refractivity contribution in [3.63, 3.8) is 0 Å². The summed E-state index contributed by atoms with van der Waals surface area (Å²) in [6.07, 6.45) is 0.955. The van der Waals surface area contributed by atoms with Crippen LogP contribution in [-0.4, -0.2) is 27.5 Å². The first-order valence-corrected chi connectivity index (χ1v) is 14.0. The molecule has 0 saturated heterocycles. The van der Waals surface area contributed by atoms with Gasteiger partial charge < -0.3 is 10.1 Å². The van der Waals surface area contributed by atoms with Crippen molar-refractivity contribution in [2.24, 2.45) is 0 Å². The van der Waals surface area contributed by atoms with Crippen LogP contribution in [0, 0.1) is 6.92 Å². The molecule has 38 heavy (non-hydrogen) atoms. The lowest BCUT2D eigenvalue weighted by Gasteiger charge is -2.26. The van der Waals surface area contributed by atoms with Crippen LogP contribution in [0.4, 0.5) is 5.69 Å². The van der Waals surface area contributed by atoms with Crippen molar-refractivity contribution >= 4 is 21.6 Å². The first-order chi connectivity index (χ1) is 18.4. The molecule has 4 rings (SSSR count). The highest BCUT2D eigenvalue weighted by atomic mass is 32.2. The van der Waals surface area contributed by atoms with E-state index in [1.54, 1.807) is 48.5 Å². The Labute approximate surface area is 225 Å². The van der Waals surface area contributed by atoms with Crippen LogP contribution in [-0.2, 0) is 23.0 Å². The van der Waals surface area contributed by atoms with Gasteiger partial charge in [-0.1, -0.05) is 79.2 Å². The zero-order valence-electron chi connectivity index (χ0n) is 21.6. The first kappa shape index (κ1) is 26.9. The van der Waals surface area contributed by atoms with Gasteiger partial charge in [0.15, 0.2) is 0 Å². The van der Waals surface area contributed by atoms with Gasteiger partial charge >= 0.3 is 0 Å². The van der Waals surface area contributed by atoms with E-state index in [4.69, 9.17) is 4.74 Å². The van der Waals surface area contributed by atoms with Crippen molar-refractivity contribution < 1.29 is 17.9 Å². The molecule has 0 heterocycles. The Hall–Kier alpha value is -4.10. The molecule has 0 fully saturated rings. The van der Waals surface area contributed by atoms with Crippen LogP contribution in [0.2, 0.25) is 0 Å². The van der Waals surface area contributed by atoms with Crippen LogP contribution in [0.5, 0.6) is 5.75 Å². The second-order valence-electron chi connectivity index (χ2n) is 8.93. The SMILES string of the molecule is CCc1ccc(OCCNC(=O)c2ccccc2N(Cc2ccccc2)S(=O)(=O)c2ccc(C)cc2)cc1. The molecule has 0 aliphatic rings. The third kappa shape index (κ3) is 6.61. The highest BCUT2D eigenvalue weighted by molar-refractivity contribution is 7.92. The average Bonchev–Trinajstić information content (AvgIpc) is 2.95. The number of sulfonamides is 1. The smallest absolute Gasteiger partial charge is 0.264 e. The van der Waals surface area contributed by atoms with Crippen LogP contribution < -0.4 is 14.4 Å². The van der Waals surface area contributed by atoms with Gasteiger partial charge in [-0.25, -0.2) is 8.42 Å². The molecule has 0 spiro atoms. The second kappa shape index (κ2) is 12.4. The predicted molar refractivity (Wildman–Crippen MR) is 151 cm³/mol. The third-order valence-corrected chi connectivity index (χ3v) is 7.96. The molecule has 0 bridgehead atoms. The van der Waals surface area contributed by atoms with E-state index >= 15 is 0 Å². The van der Waals surface area contributed by atoms with Gasteiger partial charge in [0.2, 0.25) is 0 Å². The Bertz CT molecular complexity index is 1450. The molecule has 4 aromatic rings. The van der Waals surface area contributed by atoms with E-state index in [0.29, 0.717) is 5.69 Å². The van der Waals surface area contributed by atoms with Crippen molar-refractivity contribution in [1.82, 2.24) is 5.32 Å². The minimum atomic E-state index is -3.96. The maximum Gasteiger partial charge on any atom is 0.264 e. The molecule has 4 aromatic carbocycles. The summed E-state index contributed by atoms with van der Waals surface area (Å²) < 4.78 is 34.8. The van der Waals surface area contributed by atoms with E-state index in [2.05, 4.69) is 12.2 Å². The highest BCUT2D eigenvalue weighted by Gasteiger charge is 2.28. The van der Waals surface area contributed by atoms with Crippen LogP contribution >= 0.6 is 0 Å². The molecule has 1 amide bonds. The lowest BCUT2D eigenvalue weighted by molar-refractivity contribution is 0.0947. The number of carbonyl (C=O) groups is 1. The molecule has 0 radical (unpaired) electrons. The lowest BCUT2D eigenvalue weighted by atomic mass is 10.1. The second-order valence-corrected chi connectivity index (χ2v) is 10.8. The number of nitrogens with one attached hydrogen (secondary N) is 1. The monoisotopic (exact) mass is 528 g/mol. The van der Waals surface area contributed by atoms with Crippen molar-refractivity contribution in [3.8, 4) is 5.75 Å². The zero-order valence-corrected chi connectivity index (χ0v) is 22.4. The number of carbonyl (C=O) groups excluding carboxylic acids is 1. The molecule has 0 aromatic heterocycles. The van der Waals surface area contributed by atoms with Crippen molar-refractivity contribution in [2.75, 3.05) is 17.5 Å². The molecule has 0 atom stereocenters. The number of nitrogens with zero attached hydrogens (tertiary/aromatic N) is 1. The maximum atomic E-state index is 13.9. The van der Waals surface area contributed by atoms with Gasteiger partial charge in [-0.05, 0) is 60.9 Å². The van der Waals surface area contributed by atoms with E-state index in [9.17, 15) is 13.2 Å². The fraction of sp³-hybridized carbons (Fsp3) is 0.194. The molecule has 0 aliphatic carbocycles. The van der Waals surface area contributed by atoms with Crippen molar-refractivity contribution in [1.29, 1.82) is 0 Å². The number of para-hydroxylation sites is 1. The summed E-state index contributed by atoms with van der Waals surface area (Å²) in [5.74, 6) is 0.359. The summed E-state index contributed by atoms with van der Waals surface area (Å²) in [6.45, 7) is 4.64. The fourth-order valence-corrected chi connectivity index (χ4v) is 5.49. The molecule has 0 saturated carbocycles. The van der Waals surface area contributed by atoms with E-state index in [-0.39, 0.29) is 36.1 Å². The van der Waals surface area contributed by atoms with E-state index in [1.165, 1.54) is 9.87 Å². The van der Waals surface area contributed by atoms with Gasteiger partial charge in [0.05, 0.1) is 29.2 Å². The summed E-state index contributed by atoms with van der Waals surface area (Å²) in [5.41, 5.74) is 3.57. The van der Waals surface area contributed by atoms with Crippen LogP contribution in [0.3, 0.4) is 0 Å². The molecule has 0 aliphatic heterocycles. The molecule has 0 unspecified atom stereocenters. The number of amides is 1. The van der Waals surface area contributed by atoms with Crippen molar-refractivity contribution in [2.45, 2.75) is 31.7 Å². The Balaban J connectivity index is 1.56. The van der Waals surface area contributed by atoms with Crippen molar-refractivity contribution in [3.05, 3.63) is 125 Å². The first-order valence-electron chi connectivity index (χ1n) is 12.6. The van der Waals surface area contributed by atoms with E-state index < -0.39 is 10.0 Å². The summed E-state index contributed by atoms with van der Waals surface area (Å²) in [4.78, 5) is 13.4. The quantitative estimate of drug-likeness (QED) is 0.251. The average molecular weight is 529 g/mol. The third-order valence-electron chi connectivity index (χ3n) is 6.18. The fourth-order valence-electron chi connectivity index (χ4n) is 4.02. The van der Waals surface area contributed by atoms with E-state index in [1.807, 2.05) is 61.5 Å². The van der Waals surface area contributed by atoms with Gasteiger partial charge in [0, 0.05) is 0 Å². The standard InChI is InChI=1S/C31H32N2O4S/c1-3-25-15-17-27(18-16-25)37-22-21-32-31(34)29-11-7-8-12-30(29)33(23-26-9-5-4-6-10-26)38(35,36)28-19-13-24(2)14-20-28/h4-20H,3,21-23H2,1-2H3,(H,32,34). The Morgan fingerprint density at radius 2 is 1.47 bits per heavy atom. The van der Waals surface area contributed by atoms with Gasteiger partial charge in [-0.3, -0.25) is 9.10 Å². The summed E-state index contributed by atoms with van der Waals surface area (Å²) in [6, 6.07) is 30.7. The highest BCUT2D eigenvalue weighted by Crippen LogP contribution is 2.29. The number of benzene rings is 4. The molecule has 196 valence electrons. The number of aryl methyl sites for hydroxylation is 2. The number of hydrogen-bond donors (Lipinski definition) is 1. The normalized spacial score (nSPS) is 11.1. The summed E-state index contributed by atoms with van der Waals surface area (Å²) in [7, 11) is -3.96. The Morgan fingerprint density at radius 1 is 0.816 bits per heavy atom.